The number of nitrogens with two attached hydrogens (primary N) is 1. The van der Waals surface area contributed by atoms with E-state index in [2.05, 4.69) is 23.2 Å². The van der Waals surface area contributed by atoms with Crippen molar-refractivity contribution in [1.29, 1.82) is 5.26 Å². The molecular formula is C19H19N3O2. The van der Waals surface area contributed by atoms with Gasteiger partial charge >= 0.3 is 0 Å². The Morgan fingerprint density at radius 3 is 2.79 bits per heavy atom. The lowest BCUT2D eigenvalue weighted by molar-refractivity contribution is 0.0780. The van der Waals surface area contributed by atoms with Crippen LogP contribution >= 0.6 is 0 Å². The predicted molar refractivity (Wildman–Crippen MR) is 90.6 cm³/mol. The van der Waals surface area contributed by atoms with Crippen molar-refractivity contribution in [3.8, 4) is 22.9 Å². The highest BCUT2D eigenvalue weighted by molar-refractivity contribution is 5.83. The molecule has 2 heterocycles. The van der Waals surface area contributed by atoms with Crippen molar-refractivity contribution < 1.29 is 9.47 Å². The van der Waals surface area contributed by atoms with Crippen molar-refractivity contribution in [2.24, 2.45) is 0 Å². The molecule has 0 fully saturated rings. The molecule has 2 aromatic rings. The van der Waals surface area contributed by atoms with E-state index in [1.54, 1.807) is 7.11 Å². The smallest absolute Gasteiger partial charge is 0.142 e. The monoisotopic (exact) mass is 321 g/mol. The number of aromatic nitrogens is 1. The van der Waals surface area contributed by atoms with Gasteiger partial charge in [-0.25, -0.2) is 4.98 Å². The number of anilines is 1. The lowest BCUT2D eigenvalue weighted by atomic mass is 9.91. The maximum atomic E-state index is 9.66. The van der Waals surface area contributed by atoms with Gasteiger partial charge in [0.1, 0.15) is 23.2 Å². The van der Waals surface area contributed by atoms with Crippen LogP contribution in [0.3, 0.4) is 0 Å². The summed E-state index contributed by atoms with van der Waals surface area (Å²) in [5.41, 5.74) is 12.6. The van der Waals surface area contributed by atoms with Crippen molar-refractivity contribution in [2.75, 3.05) is 12.8 Å². The Morgan fingerprint density at radius 2 is 2.08 bits per heavy atom. The van der Waals surface area contributed by atoms with Crippen LogP contribution in [0.5, 0.6) is 5.75 Å². The van der Waals surface area contributed by atoms with E-state index in [0.717, 1.165) is 47.4 Å². The first kappa shape index (κ1) is 15.0. The van der Waals surface area contributed by atoms with Gasteiger partial charge in [0.05, 0.1) is 25.5 Å². The van der Waals surface area contributed by atoms with Crippen LogP contribution in [-0.4, -0.2) is 12.1 Å². The highest BCUT2D eigenvalue weighted by Gasteiger charge is 2.30. The van der Waals surface area contributed by atoms with Gasteiger partial charge in [0.25, 0.3) is 0 Å². The third-order valence-electron chi connectivity index (χ3n) is 5.02. The highest BCUT2D eigenvalue weighted by atomic mass is 16.5. The predicted octanol–water partition coefficient (Wildman–Crippen LogP) is 3.29. The minimum absolute atomic E-state index is 0.116. The molecule has 0 amide bonds. The quantitative estimate of drug-likeness (QED) is 0.918. The number of hydrogen-bond acceptors (Lipinski definition) is 5. The number of ether oxygens (including phenoxy) is 2. The Balaban J connectivity index is 2.04. The molecule has 5 nitrogen and oxygen atoms in total. The number of fused-ring (bicyclic) bond motifs is 2. The largest absolute Gasteiger partial charge is 0.496 e. The van der Waals surface area contributed by atoms with E-state index in [1.165, 1.54) is 11.1 Å². The number of rotatable bonds is 2. The van der Waals surface area contributed by atoms with E-state index < -0.39 is 0 Å². The summed E-state index contributed by atoms with van der Waals surface area (Å²) in [6.45, 7) is 2.39. The summed E-state index contributed by atoms with van der Waals surface area (Å²) in [4.78, 5) is 4.41. The molecular weight excluding hydrogens is 302 g/mol. The standard InChI is InChI=1S/C19H19N3O2/c1-10-18-15(9-24-10)17(14(8-20)19(21)22-18)13-6-11-4-3-5-12(11)7-16(13)23-2/h6-7,10H,3-5,9H2,1-2H3,(H2,21,22)/t10-/m1/s1. The van der Waals surface area contributed by atoms with Gasteiger partial charge in [-0.15, -0.1) is 0 Å². The molecule has 1 aliphatic heterocycles. The van der Waals surface area contributed by atoms with E-state index >= 15 is 0 Å². The molecule has 4 rings (SSSR count). The Bertz CT molecular complexity index is 883. The van der Waals surface area contributed by atoms with Crippen molar-refractivity contribution >= 4 is 5.82 Å². The van der Waals surface area contributed by atoms with Crippen molar-refractivity contribution in [3.63, 3.8) is 0 Å². The van der Waals surface area contributed by atoms with Crippen molar-refractivity contribution in [3.05, 3.63) is 40.1 Å². The second-order valence-corrected chi connectivity index (χ2v) is 6.35. The van der Waals surface area contributed by atoms with E-state index in [4.69, 9.17) is 15.2 Å². The van der Waals surface area contributed by atoms with Crippen LogP contribution in [0.25, 0.3) is 11.1 Å². The van der Waals surface area contributed by atoms with E-state index in [9.17, 15) is 5.26 Å². The fourth-order valence-electron chi connectivity index (χ4n) is 3.81. The molecule has 5 heteroatoms. The second kappa shape index (κ2) is 5.50. The minimum atomic E-state index is -0.116. The summed E-state index contributed by atoms with van der Waals surface area (Å²) in [7, 11) is 1.66. The van der Waals surface area contributed by atoms with E-state index in [1.807, 2.05) is 6.92 Å². The first-order chi connectivity index (χ1) is 11.6. The zero-order valence-electron chi connectivity index (χ0n) is 13.8. The zero-order valence-corrected chi connectivity index (χ0v) is 13.8. The highest BCUT2D eigenvalue weighted by Crippen LogP contribution is 2.44. The molecule has 122 valence electrons. The average molecular weight is 321 g/mol. The molecule has 0 saturated carbocycles. The molecule has 0 radical (unpaired) electrons. The molecule has 0 unspecified atom stereocenters. The zero-order chi connectivity index (χ0) is 16.8. The van der Waals surface area contributed by atoms with Crippen LogP contribution in [0.1, 0.15) is 47.4 Å². The maximum Gasteiger partial charge on any atom is 0.142 e. The number of aryl methyl sites for hydroxylation is 2. The van der Waals surface area contributed by atoms with Crippen molar-refractivity contribution in [2.45, 2.75) is 38.9 Å². The number of pyridine rings is 1. The Labute approximate surface area is 141 Å². The Morgan fingerprint density at radius 1 is 1.33 bits per heavy atom. The van der Waals surface area contributed by atoms with Gasteiger partial charge in [-0.2, -0.15) is 5.26 Å². The number of benzene rings is 1. The third kappa shape index (κ3) is 2.07. The summed E-state index contributed by atoms with van der Waals surface area (Å²) < 4.78 is 11.4. The van der Waals surface area contributed by atoms with Gasteiger partial charge in [0.2, 0.25) is 0 Å². The molecule has 2 N–H and O–H groups in total. The molecule has 1 aliphatic carbocycles. The van der Waals surface area contributed by atoms with Crippen LogP contribution < -0.4 is 10.5 Å². The third-order valence-corrected chi connectivity index (χ3v) is 5.02. The topological polar surface area (TPSA) is 81.2 Å². The van der Waals surface area contributed by atoms with Gasteiger partial charge in [-0.1, -0.05) is 0 Å². The van der Waals surface area contributed by atoms with Crippen LogP contribution in [0.15, 0.2) is 12.1 Å². The number of nitriles is 1. The lowest BCUT2D eigenvalue weighted by Gasteiger charge is -2.17. The van der Waals surface area contributed by atoms with Crippen molar-refractivity contribution in [1.82, 2.24) is 4.98 Å². The molecule has 1 aromatic heterocycles. The molecule has 1 aromatic carbocycles. The first-order valence-corrected chi connectivity index (χ1v) is 8.18. The van der Waals surface area contributed by atoms with E-state index in [0.29, 0.717) is 12.2 Å². The minimum Gasteiger partial charge on any atom is -0.496 e. The fraction of sp³-hybridized carbons (Fsp3) is 0.368. The van der Waals surface area contributed by atoms with Gasteiger partial charge in [-0.3, -0.25) is 0 Å². The summed E-state index contributed by atoms with van der Waals surface area (Å²) in [5.74, 6) is 1.03. The van der Waals surface area contributed by atoms with Gasteiger partial charge in [0, 0.05) is 16.7 Å². The number of nitrogens with zero attached hydrogens (tertiary/aromatic N) is 2. The van der Waals surface area contributed by atoms with Gasteiger partial charge in [-0.05, 0) is 49.4 Å². The van der Waals surface area contributed by atoms with Crippen LogP contribution in [-0.2, 0) is 24.2 Å². The summed E-state index contributed by atoms with van der Waals surface area (Å²) in [5, 5.41) is 9.66. The first-order valence-electron chi connectivity index (χ1n) is 8.18. The maximum absolute atomic E-state index is 9.66. The van der Waals surface area contributed by atoms with Crippen LogP contribution in [0.2, 0.25) is 0 Å². The normalized spacial score (nSPS) is 18.1. The molecule has 0 bridgehead atoms. The number of nitrogen functional groups attached to an aromatic ring is 1. The molecule has 1 atom stereocenters. The Kier molecular flexibility index (Phi) is 3.43. The summed E-state index contributed by atoms with van der Waals surface area (Å²) in [6, 6.07) is 6.48. The summed E-state index contributed by atoms with van der Waals surface area (Å²) in [6.07, 6.45) is 3.18. The molecule has 0 spiro atoms. The van der Waals surface area contributed by atoms with Gasteiger partial charge in [0.15, 0.2) is 0 Å². The van der Waals surface area contributed by atoms with E-state index in [-0.39, 0.29) is 11.9 Å². The van der Waals surface area contributed by atoms with Gasteiger partial charge < -0.3 is 15.2 Å². The number of hydrogen-bond donors (Lipinski definition) is 1. The fourth-order valence-corrected chi connectivity index (χ4v) is 3.81. The second-order valence-electron chi connectivity index (χ2n) is 6.35. The number of methoxy groups -OCH3 is 1. The molecule has 2 aliphatic rings. The SMILES string of the molecule is COc1cc2c(cc1-c1c(C#N)c(N)nc3c1CO[C@@H]3C)CCC2. The van der Waals surface area contributed by atoms with Crippen LogP contribution in [0.4, 0.5) is 5.82 Å². The van der Waals surface area contributed by atoms with Crippen LogP contribution in [0, 0.1) is 11.3 Å². The molecule has 24 heavy (non-hydrogen) atoms. The Hall–Kier alpha value is -2.58. The molecule has 0 saturated heterocycles. The summed E-state index contributed by atoms with van der Waals surface area (Å²) >= 11 is 0. The average Bonchev–Trinajstić information content (AvgIpc) is 3.19. The lowest BCUT2D eigenvalue weighted by Crippen LogP contribution is -2.05.